The van der Waals surface area contributed by atoms with Crippen molar-refractivity contribution in [2.45, 2.75) is 13.0 Å². The highest BCUT2D eigenvalue weighted by Crippen LogP contribution is 2.30. The second-order valence-electron chi connectivity index (χ2n) is 5.41. The monoisotopic (exact) mass is 313 g/mol. The van der Waals surface area contributed by atoms with E-state index in [1.54, 1.807) is 18.2 Å². The van der Waals surface area contributed by atoms with Crippen LogP contribution in [0.5, 0.6) is 11.5 Å². The fourth-order valence-electron chi connectivity index (χ4n) is 2.52. The Kier molecular flexibility index (Phi) is 4.78. The van der Waals surface area contributed by atoms with Crippen LogP contribution in [-0.4, -0.2) is 30.8 Å². The Morgan fingerprint density at radius 2 is 1.87 bits per heavy atom. The first-order chi connectivity index (χ1) is 11.2. The number of aromatic carboxylic acids is 1. The summed E-state index contributed by atoms with van der Waals surface area (Å²) in [5.41, 5.74) is 2.46. The van der Waals surface area contributed by atoms with Crippen LogP contribution >= 0.6 is 0 Å². The Morgan fingerprint density at radius 1 is 1.04 bits per heavy atom. The van der Waals surface area contributed by atoms with Crippen molar-refractivity contribution in [1.29, 1.82) is 0 Å². The number of nitrogens with one attached hydrogen (secondary N) is 1. The lowest BCUT2D eigenvalue weighted by Gasteiger charge is -2.18. The van der Waals surface area contributed by atoms with Crippen molar-refractivity contribution < 1.29 is 19.4 Å². The van der Waals surface area contributed by atoms with Gasteiger partial charge in [0, 0.05) is 6.54 Å². The first kappa shape index (κ1) is 15.4. The van der Waals surface area contributed by atoms with Crippen molar-refractivity contribution >= 4 is 5.97 Å². The molecule has 2 aromatic rings. The summed E-state index contributed by atoms with van der Waals surface area (Å²) in [5, 5.41) is 12.3. The minimum Gasteiger partial charge on any atom is -0.486 e. The van der Waals surface area contributed by atoms with Gasteiger partial charge in [-0.15, -0.1) is 0 Å². The van der Waals surface area contributed by atoms with E-state index in [-0.39, 0.29) is 0 Å². The first-order valence-electron chi connectivity index (χ1n) is 7.64. The maximum absolute atomic E-state index is 10.9. The molecule has 2 aromatic carbocycles. The van der Waals surface area contributed by atoms with Crippen LogP contribution in [-0.2, 0) is 13.0 Å². The first-order valence-corrected chi connectivity index (χ1v) is 7.64. The Labute approximate surface area is 134 Å². The van der Waals surface area contributed by atoms with E-state index in [1.165, 1.54) is 5.56 Å². The van der Waals surface area contributed by atoms with Crippen molar-refractivity contribution in [2.75, 3.05) is 19.8 Å². The molecule has 2 N–H and O–H groups in total. The van der Waals surface area contributed by atoms with E-state index in [9.17, 15) is 4.79 Å². The van der Waals surface area contributed by atoms with Crippen LogP contribution in [0.25, 0.3) is 0 Å². The highest BCUT2D eigenvalue weighted by molar-refractivity contribution is 5.87. The summed E-state index contributed by atoms with van der Waals surface area (Å²) in [6, 6.07) is 13.0. The lowest BCUT2D eigenvalue weighted by Crippen LogP contribution is -2.18. The highest BCUT2D eigenvalue weighted by Gasteiger charge is 2.11. The fourth-order valence-corrected chi connectivity index (χ4v) is 2.52. The zero-order valence-corrected chi connectivity index (χ0v) is 12.7. The molecular weight excluding hydrogens is 294 g/mol. The van der Waals surface area contributed by atoms with Crippen molar-refractivity contribution in [2.24, 2.45) is 0 Å². The van der Waals surface area contributed by atoms with Crippen molar-refractivity contribution in [3.05, 3.63) is 59.2 Å². The summed E-state index contributed by atoms with van der Waals surface area (Å²) < 4.78 is 11.1. The third-order valence-electron chi connectivity index (χ3n) is 3.70. The maximum atomic E-state index is 10.9. The Morgan fingerprint density at radius 3 is 2.70 bits per heavy atom. The Bertz CT molecular complexity index is 699. The molecule has 0 fully saturated rings. The SMILES string of the molecule is O=C(O)c1cccc(CNCCc2ccc3c(c2)OCCO3)c1. The summed E-state index contributed by atoms with van der Waals surface area (Å²) in [5.74, 6) is 0.712. The third-order valence-corrected chi connectivity index (χ3v) is 3.70. The van der Waals surface area contributed by atoms with Gasteiger partial charge in [0.05, 0.1) is 5.56 Å². The fraction of sp³-hybridized carbons (Fsp3) is 0.278. The number of rotatable bonds is 6. The molecule has 0 amide bonds. The number of carbonyl (C=O) groups is 1. The van der Waals surface area contributed by atoms with E-state index in [2.05, 4.69) is 5.32 Å². The number of benzene rings is 2. The van der Waals surface area contributed by atoms with Crippen LogP contribution < -0.4 is 14.8 Å². The van der Waals surface area contributed by atoms with Crippen molar-refractivity contribution in [1.82, 2.24) is 5.32 Å². The standard InChI is InChI=1S/C18H19NO4/c20-18(21)15-3-1-2-14(10-15)12-19-7-6-13-4-5-16-17(11-13)23-9-8-22-16/h1-5,10-11,19H,6-9,12H2,(H,20,21). The molecule has 120 valence electrons. The lowest BCUT2D eigenvalue weighted by atomic mass is 10.1. The van der Waals surface area contributed by atoms with E-state index in [0.717, 1.165) is 30.0 Å². The largest absolute Gasteiger partial charge is 0.486 e. The molecule has 0 unspecified atom stereocenters. The third kappa shape index (κ3) is 4.02. The average Bonchev–Trinajstić information content (AvgIpc) is 2.59. The molecule has 0 aromatic heterocycles. The van der Waals surface area contributed by atoms with E-state index in [0.29, 0.717) is 25.3 Å². The molecule has 0 spiro atoms. The van der Waals surface area contributed by atoms with Crippen LogP contribution in [0.4, 0.5) is 0 Å². The minimum atomic E-state index is -0.900. The van der Waals surface area contributed by atoms with Gasteiger partial charge >= 0.3 is 5.97 Å². The number of ether oxygens (including phenoxy) is 2. The molecule has 23 heavy (non-hydrogen) atoms. The zero-order valence-electron chi connectivity index (χ0n) is 12.7. The quantitative estimate of drug-likeness (QED) is 0.802. The van der Waals surface area contributed by atoms with E-state index in [4.69, 9.17) is 14.6 Å². The van der Waals surface area contributed by atoms with Crippen LogP contribution in [0.2, 0.25) is 0 Å². The van der Waals surface area contributed by atoms with Crippen LogP contribution in [0, 0.1) is 0 Å². The van der Waals surface area contributed by atoms with Crippen LogP contribution in [0.1, 0.15) is 21.5 Å². The van der Waals surface area contributed by atoms with E-state index < -0.39 is 5.97 Å². The van der Waals surface area contributed by atoms with Gasteiger partial charge < -0.3 is 19.9 Å². The van der Waals surface area contributed by atoms with Gasteiger partial charge in [0.15, 0.2) is 11.5 Å². The number of hydrogen-bond donors (Lipinski definition) is 2. The molecule has 0 saturated carbocycles. The molecule has 3 rings (SSSR count). The number of carboxylic acids is 1. The Hall–Kier alpha value is -2.53. The molecule has 0 bridgehead atoms. The van der Waals surface area contributed by atoms with Gasteiger partial charge in [0.25, 0.3) is 0 Å². The molecule has 0 saturated heterocycles. The van der Waals surface area contributed by atoms with Gasteiger partial charge in [-0.1, -0.05) is 18.2 Å². The molecule has 1 aliphatic rings. The van der Waals surface area contributed by atoms with Crippen molar-refractivity contribution in [3.63, 3.8) is 0 Å². The average molecular weight is 313 g/mol. The number of fused-ring (bicyclic) bond motifs is 1. The maximum Gasteiger partial charge on any atom is 0.335 e. The smallest absolute Gasteiger partial charge is 0.335 e. The molecule has 0 radical (unpaired) electrons. The summed E-state index contributed by atoms with van der Waals surface area (Å²) in [6.45, 7) is 2.64. The molecular formula is C18H19NO4. The Balaban J connectivity index is 1.50. The normalized spacial score (nSPS) is 12.9. The molecule has 0 atom stereocenters. The van der Waals surface area contributed by atoms with Gasteiger partial charge in [0.1, 0.15) is 13.2 Å². The summed E-state index contributed by atoms with van der Waals surface area (Å²) >= 11 is 0. The lowest BCUT2D eigenvalue weighted by molar-refractivity contribution is 0.0696. The van der Waals surface area contributed by atoms with Crippen molar-refractivity contribution in [3.8, 4) is 11.5 Å². The second-order valence-corrected chi connectivity index (χ2v) is 5.41. The number of carboxylic acid groups (broad SMARTS) is 1. The van der Waals surface area contributed by atoms with Gasteiger partial charge in [-0.25, -0.2) is 4.79 Å². The summed E-state index contributed by atoms with van der Waals surface area (Å²) in [7, 11) is 0. The van der Waals surface area contributed by atoms with Gasteiger partial charge in [-0.2, -0.15) is 0 Å². The molecule has 5 heteroatoms. The molecule has 1 aliphatic heterocycles. The van der Waals surface area contributed by atoms with Gasteiger partial charge in [-0.3, -0.25) is 0 Å². The predicted octanol–water partition coefficient (Wildman–Crippen LogP) is 2.49. The van der Waals surface area contributed by atoms with E-state index >= 15 is 0 Å². The number of hydrogen-bond acceptors (Lipinski definition) is 4. The highest BCUT2D eigenvalue weighted by atomic mass is 16.6. The summed E-state index contributed by atoms with van der Waals surface area (Å²) in [4.78, 5) is 10.9. The summed E-state index contributed by atoms with van der Waals surface area (Å²) in [6.07, 6.45) is 0.870. The van der Waals surface area contributed by atoms with Gasteiger partial charge in [-0.05, 0) is 48.4 Å². The predicted molar refractivity (Wildman–Crippen MR) is 86.2 cm³/mol. The zero-order chi connectivity index (χ0) is 16.1. The molecule has 1 heterocycles. The second kappa shape index (κ2) is 7.15. The molecule has 5 nitrogen and oxygen atoms in total. The van der Waals surface area contributed by atoms with E-state index in [1.807, 2.05) is 24.3 Å². The van der Waals surface area contributed by atoms with Gasteiger partial charge in [0.2, 0.25) is 0 Å². The molecule has 0 aliphatic carbocycles. The topological polar surface area (TPSA) is 67.8 Å². The minimum absolute atomic E-state index is 0.316. The van der Waals surface area contributed by atoms with Crippen LogP contribution in [0.15, 0.2) is 42.5 Å². The van der Waals surface area contributed by atoms with Crippen LogP contribution in [0.3, 0.4) is 0 Å².